The van der Waals surface area contributed by atoms with E-state index in [1.54, 1.807) is 26.8 Å². The number of ketones is 2. The molecule has 0 aromatic rings. The van der Waals surface area contributed by atoms with Crippen molar-refractivity contribution in [1.29, 1.82) is 0 Å². The molecule has 4 rings (SSSR count). The zero-order chi connectivity index (χ0) is 27.6. The van der Waals surface area contributed by atoms with Crippen LogP contribution in [0.1, 0.15) is 53.4 Å². The molecule has 0 aromatic carbocycles. The van der Waals surface area contributed by atoms with Crippen LogP contribution in [0, 0.1) is 28.6 Å². The maximum atomic E-state index is 17.3. The maximum absolute atomic E-state index is 17.3. The number of nitrogens with one attached hydrogen (secondary N) is 1. The maximum Gasteiger partial charge on any atom is 0.408 e. The first kappa shape index (κ1) is 27.4. The van der Waals surface area contributed by atoms with Crippen LogP contribution in [0.2, 0.25) is 0 Å². The van der Waals surface area contributed by atoms with E-state index in [2.05, 4.69) is 10.1 Å². The Kier molecular flexibility index (Phi) is 6.68. The quantitative estimate of drug-likeness (QED) is 0.468. The second-order valence-corrected chi connectivity index (χ2v) is 11.5. The second-order valence-electron chi connectivity index (χ2n) is 11.5. The molecule has 0 radical (unpaired) electrons. The van der Waals surface area contributed by atoms with Crippen molar-refractivity contribution in [2.24, 2.45) is 28.6 Å². The SMILES string of the molecule is COC(=O)[C@H](C)NC(=O)O[C@@]1(C(=O)CO)[C@@H](C)CC2C3CCC4=CC(=O)C=C[C@]4(C)C3(F)[C@@H](O)C[C@@]21C. The lowest BCUT2D eigenvalue weighted by Crippen LogP contribution is -2.70. The Balaban J connectivity index is 1.76. The van der Waals surface area contributed by atoms with Crippen LogP contribution in [0.25, 0.3) is 0 Å². The molecule has 204 valence electrons. The van der Waals surface area contributed by atoms with Crippen LogP contribution in [-0.4, -0.2) is 71.0 Å². The summed E-state index contributed by atoms with van der Waals surface area (Å²) in [6.07, 6.45) is 2.66. The van der Waals surface area contributed by atoms with Gasteiger partial charge in [-0.1, -0.05) is 25.5 Å². The lowest BCUT2D eigenvalue weighted by molar-refractivity contribution is -0.219. The van der Waals surface area contributed by atoms with Gasteiger partial charge < -0.3 is 25.0 Å². The molecule has 0 aromatic heterocycles. The predicted octanol–water partition coefficient (Wildman–Crippen LogP) is 2.19. The largest absolute Gasteiger partial charge is 0.467 e. The van der Waals surface area contributed by atoms with Gasteiger partial charge in [0, 0.05) is 22.7 Å². The summed E-state index contributed by atoms with van der Waals surface area (Å²) in [7, 11) is 1.17. The number of methoxy groups -OCH3 is 1. The second kappa shape index (κ2) is 9.01. The van der Waals surface area contributed by atoms with E-state index in [0.29, 0.717) is 24.8 Å². The highest BCUT2D eigenvalue weighted by atomic mass is 19.1. The van der Waals surface area contributed by atoms with Crippen molar-refractivity contribution < 1.29 is 43.3 Å². The smallest absolute Gasteiger partial charge is 0.408 e. The van der Waals surface area contributed by atoms with E-state index in [9.17, 15) is 29.4 Å². The summed E-state index contributed by atoms with van der Waals surface area (Å²) in [5, 5.41) is 23.8. The standard InChI is InChI=1S/C27H36FNO8/c1-14-10-19-18-7-6-16-11-17(31)8-9-24(16,3)26(18,28)20(32)12-25(19,4)27(14,21(33)13-30)37-23(35)29-15(2)22(34)36-5/h8-9,11,14-15,18-20,30,32H,6-7,10,12-13H2,1-5H3,(H,29,35)/t14-,15-,18?,19?,20-,24-,25-,26?,27+/m0/s1. The Bertz CT molecular complexity index is 1090. The van der Waals surface area contributed by atoms with E-state index in [1.165, 1.54) is 26.2 Å². The van der Waals surface area contributed by atoms with E-state index in [4.69, 9.17) is 4.74 Å². The first-order valence-electron chi connectivity index (χ1n) is 12.8. The van der Waals surface area contributed by atoms with Crippen LogP contribution in [0.5, 0.6) is 0 Å². The third-order valence-corrected chi connectivity index (χ3v) is 9.88. The van der Waals surface area contributed by atoms with Crippen molar-refractivity contribution in [3.8, 4) is 0 Å². The van der Waals surface area contributed by atoms with Crippen molar-refractivity contribution in [1.82, 2.24) is 5.32 Å². The summed E-state index contributed by atoms with van der Waals surface area (Å²) in [4.78, 5) is 50.2. The molecular weight excluding hydrogens is 485 g/mol. The first-order valence-corrected chi connectivity index (χ1v) is 12.8. The minimum Gasteiger partial charge on any atom is -0.467 e. The molecule has 37 heavy (non-hydrogen) atoms. The third kappa shape index (κ3) is 3.55. The number of ether oxygens (including phenoxy) is 2. The van der Waals surface area contributed by atoms with E-state index in [-0.39, 0.29) is 12.2 Å². The Labute approximate surface area is 215 Å². The van der Waals surface area contributed by atoms with Crippen LogP contribution in [0.4, 0.5) is 9.18 Å². The number of aliphatic hydroxyl groups is 2. The molecule has 0 spiro atoms. The summed E-state index contributed by atoms with van der Waals surface area (Å²) in [5.41, 5.74) is -5.74. The lowest BCUT2D eigenvalue weighted by atomic mass is 9.44. The molecular formula is C27H36FNO8. The van der Waals surface area contributed by atoms with E-state index < -0.39 is 76.5 Å². The highest BCUT2D eigenvalue weighted by Gasteiger charge is 2.77. The summed E-state index contributed by atoms with van der Waals surface area (Å²) in [6, 6.07) is -1.06. The number of rotatable bonds is 5. The van der Waals surface area contributed by atoms with Gasteiger partial charge in [-0.15, -0.1) is 0 Å². The van der Waals surface area contributed by atoms with Crippen LogP contribution >= 0.6 is 0 Å². The van der Waals surface area contributed by atoms with Gasteiger partial charge in [0.2, 0.25) is 5.78 Å². The van der Waals surface area contributed by atoms with Crippen molar-refractivity contribution in [3.05, 3.63) is 23.8 Å². The van der Waals surface area contributed by atoms with Crippen LogP contribution in [0.3, 0.4) is 0 Å². The number of fused-ring (bicyclic) bond motifs is 5. The number of halogens is 1. The summed E-state index contributed by atoms with van der Waals surface area (Å²) in [6.45, 7) is 5.61. The number of alkyl halides is 1. The number of amides is 1. The van der Waals surface area contributed by atoms with Crippen LogP contribution in [-0.2, 0) is 23.9 Å². The van der Waals surface area contributed by atoms with Gasteiger partial charge >= 0.3 is 12.1 Å². The van der Waals surface area contributed by atoms with E-state index in [1.807, 2.05) is 0 Å². The first-order chi connectivity index (χ1) is 17.2. The summed E-state index contributed by atoms with van der Waals surface area (Å²) < 4.78 is 27.8. The molecule has 9 nitrogen and oxygen atoms in total. The average Bonchev–Trinajstić information content (AvgIpc) is 3.06. The molecule has 4 aliphatic rings. The van der Waals surface area contributed by atoms with Gasteiger partial charge in [0.25, 0.3) is 0 Å². The minimum atomic E-state index is -2.11. The van der Waals surface area contributed by atoms with Gasteiger partial charge in [0.1, 0.15) is 12.6 Å². The molecule has 0 aliphatic heterocycles. The van der Waals surface area contributed by atoms with Gasteiger partial charge in [-0.25, -0.2) is 14.0 Å². The van der Waals surface area contributed by atoms with Crippen molar-refractivity contribution in [2.75, 3.05) is 13.7 Å². The zero-order valence-electron chi connectivity index (χ0n) is 21.9. The molecule has 0 heterocycles. The normalized spacial score (nSPS) is 43.0. The molecule has 4 aliphatic carbocycles. The molecule has 0 bridgehead atoms. The number of carbonyl (C=O) groups excluding carboxylic acids is 4. The fourth-order valence-electron chi connectivity index (χ4n) is 8.10. The number of Topliss-reactive ketones (excluding diaryl/α,β-unsaturated/α-hetero) is 1. The Morgan fingerprint density at radius 1 is 1.27 bits per heavy atom. The average molecular weight is 522 g/mol. The Morgan fingerprint density at radius 3 is 2.57 bits per heavy atom. The fourth-order valence-corrected chi connectivity index (χ4v) is 8.10. The number of hydrogen-bond acceptors (Lipinski definition) is 8. The van der Waals surface area contributed by atoms with E-state index in [0.717, 1.165) is 0 Å². The summed E-state index contributed by atoms with van der Waals surface area (Å²) >= 11 is 0. The molecule has 1 amide bonds. The Morgan fingerprint density at radius 2 is 1.95 bits per heavy atom. The minimum absolute atomic E-state index is 0.203. The monoisotopic (exact) mass is 521 g/mol. The van der Waals surface area contributed by atoms with Gasteiger partial charge in [-0.3, -0.25) is 9.59 Å². The van der Waals surface area contributed by atoms with Crippen LogP contribution in [0.15, 0.2) is 23.8 Å². The summed E-state index contributed by atoms with van der Waals surface area (Å²) in [5.74, 6) is -3.44. The van der Waals surface area contributed by atoms with Crippen molar-refractivity contribution in [2.45, 2.75) is 76.8 Å². The number of carbonyl (C=O) groups is 4. The van der Waals surface area contributed by atoms with Gasteiger partial charge in [0.05, 0.1) is 13.2 Å². The highest BCUT2D eigenvalue weighted by Crippen LogP contribution is 2.71. The number of esters is 1. The van der Waals surface area contributed by atoms with Crippen molar-refractivity contribution >= 4 is 23.6 Å². The van der Waals surface area contributed by atoms with Crippen molar-refractivity contribution in [3.63, 3.8) is 0 Å². The third-order valence-electron chi connectivity index (χ3n) is 9.88. The molecule has 9 atom stereocenters. The predicted molar refractivity (Wildman–Crippen MR) is 129 cm³/mol. The number of hydrogen-bond donors (Lipinski definition) is 3. The molecule has 3 fully saturated rings. The van der Waals surface area contributed by atoms with Gasteiger partial charge in [-0.05, 0) is 57.6 Å². The van der Waals surface area contributed by atoms with E-state index >= 15 is 4.39 Å². The van der Waals surface area contributed by atoms with Gasteiger partial charge in [0.15, 0.2) is 17.1 Å². The fraction of sp³-hybridized carbons (Fsp3) is 0.704. The van der Waals surface area contributed by atoms with Crippen LogP contribution < -0.4 is 5.32 Å². The molecule has 3 unspecified atom stereocenters. The topological polar surface area (TPSA) is 139 Å². The molecule has 3 saturated carbocycles. The number of alkyl carbamates (subject to hydrolysis) is 1. The zero-order valence-corrected chi connectivity index (χ0v) is 21.9. The number of allylic oxidation sites excluding steroid dienone is 4. The highest BCUT2D eigenvalue weighted by molar-refractivity contribution is 6.01. The molecule has 10 heteroatoms. The van der Waals surface area contributed by atoms with Gasteiger partial charge in [-0.2, -0.15) is 0 Å². The molecule has 3 N–H and O–H groups in total. The Hall–Kier alpha value is -2.59. The number of aliphatic hydroxyl groups excluding tert-OH is 2. The molecule has 0 saturated heterocycles. The lowest BCUT2D eigenvalue weighted by Gasteiger charge is -2.62.